The van der Waals surface area contributed by atoms with Gasteiger partial charge < -0.3 is 5.32 Å². The van der Waals surface area contributed by atoms with Crippen molar-refractivity contribution in [3.05, 3.63) is 145 Å². The molecule has 0 radical (unpaired) electrons. The van der Waals surface area contributed by atoms with E-state index < -0.39 is 0 Å². The Morgan fingerprint density at radius 1 is 0.485 bits per heavy atom. The van der Waals surface area contributed by atoms with E-state index in [1.165, 1.54) is 32.0 Å². The molecule has 0 aliphatic carbocycles. The van der Waals surface area contributed by atoms with Crippen LogP contribution in [0.15, 0.2) is 143 Å². The van der Waals surface area contributed by atoms with Crippen LogP contribution >= 0.6 is 11.8 Å². The molecular weight excluding hydrogens is 418 g/mol. The van der Waals surface area contributed by atoms with Gasteiger partial charge in [0.25, 0.3) is 0 Å². The number of anilines is 2. The topological polar surface area (TPSA) is 12.0 Å². The first kappa shape index (κ1) is 21.1. The van der Waals surface area contributed by atoms with Crippen LogP contribution in [-0.2, 0) is 6.42 Å². The molecule has 160 valence electrons. The van der Waals surface area contributed by atoms with E-state index in [0.29, 0.717) is 0 Å². The van der Waals surface area contributed by atoms with Gasteiger partial charge in [0.15, 0.2) is 0 Å². The molecule has 5 aromatic carbocycles. The van der Waals surface area contributed by atoms with Crippen molar-refractivity contribution in [1.29, 1.82) is 0 Å². The highest BCUT2D eigenvalue weighted by molar-refractivity contribution is 7.99. The number of rotatable bonds is 7. The van der Waals surface area contributed by atoms with E-state index in [1.54, 1.807) is 11.8 Å². The molecule has 1 N–H and O–H groups in total. The summed E-state index contributed by atoms with van der Waals surface area (Å²) in [6.07, 6.45) is 0.969. The molecule has 5 aromatic rings. The molecule has 0 aromatic heterocycles. The fraction of sp³-hybridized carbons (Fsp3) is 0.0323. The fourth-order valence-electron chi connectivity index (χ4n) is 3.87. The number of hydrogen-bond donors (Lipinski definition) is 1. The van der Waals surface area contributed by atoms with Gasteiger partial charge in [0.1, 0.15) is 0 Å². The number of para-hydroxylation sites is 2. The van der Waals surface area contributed by atoms with Gasteiger partial charge in [0.2, 0.25) is 0 Å². The summed E-state index contributed by atoms with van der Waals surface area (Å²) in [7, 11) is 0. The predicted molar refractivity (Wildman–Crippen MR) is 141 cm³/mol. The largest absolute Gasteiger partial charge is 0.355 e. The Morgan fingerprint density at radius 3 is 1.73 bits per heavy atom. The van der Waals surface area contributed by atoms with E-state index in [9.17, 15) is 0 Å². The van der Waals surface area contributed by atoms with Crippen LogP contribution in [0.5, 0.6) is 0 Å². The maximum atomic E-state index is 3.54. The van der Waals surface area contributed by atoms with Crippen molar-refractivity contribution in [3.8, 4) is 11.1 Å². The van der Waals surface area contributed by atoms with Gasteiger partial charge >= 0.3 is 0 Å². The van der Waals surface area contributed by atoms with Gasteiger partial charge in [-0.3, -0.25) is 0 Å². The summed E-state index contributed by atoms with van der Waals surface area (Å²) in [6.45, 7) is 0. The molecule has 0 fully saturated rings. The molecule has 1 nitrogen and oxygen atoms in total. The minimum atomic E-state index is 0.969. The fourth-order valence-corrected chi connectivity index (χ4v) is 4.68. The highest BCUT2D eigenvalue weighted by atomic mass is 32.2. The van der Waals surface area contributed by atoms with Crippen molar-refractivity contribution in [3.63, 3.8) is 0 Å². The summed E-state index contributed by atoms with van der Waals surface area (Å²) in [6, 6.07) is 47.1. The molecule has 2 heteroatoms. The second kappa shape index (κ2) is 10.2. The van der Waals surface area contributed by atoms with E-state index >= 15 is 0 Å². The molecule has 0 atom stereocenters. The average Bonchev–Trinajstić information content (AvgIpc) is 2.87. The van der Waals surface area contributed by atoms with Crippen LogP contribution in [0.4, 0.5) is 11.4 Å². The lowest BCUT2D eigenvalue weighted by atomic mass is 10.0. The average molecular weight is 444 g/mol. The Labute approximate surface area is 200 Å². The molecule has 0 aliphatic rings. The highest BCUT2D eigenvalue weighted by Gasteiger charge is 2.06. The molecule has 33 heavy (non-hydrogen) atoms. The van der Waals surface area contributed by atoms with Gasteiger partial charge in [-0.15, -0.1) is 0 Å². The minimum Gasteiger partial charge on any atom is -0.355 e. The molecule has 0 aliphatic heterocycles. The van der Waals surface area contributed by atoms with Gasteiger partial charge in [-0.25, -0.2) is 0 Å². The van der Waals surface area contributed by atoms with Gasteiger partial charge in [0, 0.05) is 26.7 Å². The summed E-state index contributed by atoms with van der Waals surface area (Å²) < 4.78 is 0. The van der Waals surface area contributed by atoms with Crippen molar-refractivity contribution >= 4 is 23.1 Å². The van der Waals surface area contributed by atoms with Gasteiger partial charge in [-0.2, -0.15) is 0 Å². The minimum absolute atomic E-state index is 0.969. The number of hydrogen-bond acceptors (Lipinski definition) is 2. The Balaban J connectivity index is 1.28. The molecule has 0 saturated carbocycles. The van der Waals surface area contributed by atoms with Crippen LogP contribution in [0.1, 0.15) is 11.1 Å². The summed E-state index contributed by atoms with van der Waals surface area (Å²) in [5.74, 6) is 0. The third-order valence-corrected chi connectivity index (χ3v) is 6.57. The highest BCUT2D eigenvalue weighted by Crippen LogP contribution is 2.33. The SMILES string of the molecule is c1ccc(Cc2ccc(Sc3ccc(-c4ccccc4Nc4ccccc4)cc3)cc2)cc1. The second-order valence-electron chi connectivity index (χ2n) is 7.97. The monoisotopic (exact) mass is 443 g/mol. The maximum Gasteiger partial charge on any atom is 0.0463 e. The van der Waals surface area contributed by atoms with Crippen molar-refractivity contribution < 1.29 is 0 Å². The first-order chi connectivity index (χ1) is 16.3. The first-order valence-corrected chi connectivity index (χ1v) is 12.0. The van der Waals surface area contributed by atoms with Crippen LogP contribution < -0.4 is 5.32 Å². The van der Waals surface area contributed by atoms with Crippen molar-refractivity contribution in [2.45, 2.75) is 16.2 Å². The molecule has 0 bridgehead atoms. The third kappa shape index (κ3) is 5.54. The summed E-state index contributed by atoms with van der Waals surface area (Å²) in [4.78, 5) is 2.49. The van der Waals surface area contributed by atoms with Gasteiger partial charge in [0.05, 0.1) is 0 Å². The first-order valence-electron chi connectivity index (χ1n) is 11.2. The van der Waals surface area contributed by atoms with Gasteiger partial charge in [-0.05, 0) is 65.6 Å². The molecule has 0 saturated heterocycles. The Morgan fingerprint density at radius 2 is 1.03 bits per heavy atom. The van der Waals surface area contributed by atoms with E-state index in [0.717, 1.165) is 17.8 Å². The normalized spacial score (nSPS) is 10.7. The Kier molecular flexibility index (Phi) is 6.56. The van der Waals surface area contributed by atoms with Crippen LogP contribution in [-0.4, -0.2) is 0 Å². The van der Waals surface area contributed by atoms with Crippen LogP contribution in [0, 0.1) is 0 Å². The standard InChI is InChI=1S/C31H25NS/c1-3-9-24(10-4-1)23-25-15-19-28(20-16-25)33-29-21-17-26(18-22-29)30-13-7-8-14-31(30)32-27-11-5-2-6-12-27/h1-22,32H,23H2. The molecule has 0 amide bonds. The lowest BCUT2D eigenvalue weighted by molar-refractivity contribution is 1.18. The lowest BCUT2D eigenvalue weighted by Crippen LogP contribution is -1.92. The molecule has 0 heterocycles. The number of nitrogens with one attached hydrogen (secondary N) is 1. The molecule has 5 rings (SSSR count). The quantitative estimate of drug-likeness (QED) is 0.270. The summed E-state index contributed by atoms with van der Waals surface area (Å²) in [5.41, 5.74) is 7.28. The van der Waals surface area contributed by atoms with Crippen molar-refractivity contribution in [2.75, 3.05) is 5.32 Å². The molecule has 0 unspecified atom stereocenters. The zero-order valence-corrected chi connectivity index (χ0v) is 19.1. The number of benzene rings is 5. The summed E-state index contributed by atoms with van der Waals surface area (Å²) >= 11 is 1.80. The zero-order chi connectivity index (χ0) is 22.3. The summed E-state index contributed by atoms with van der Waals surface area (Å²) in [5, 5.41) is 3.54. The van der Waals surface area contributed by atoms with Crippen LogP contribution in [0.3, 0.4) is 0 Å². The van der Waals surface area contributed by atoms with E-state index in [4.69, 9.17) is 0 Å². The van der Waals surface area contributed by atoms with E-state index in [2.05, 4.69) is 121 Å². The zero-order valence-electron chi connectivity index (χ0n) is 18.3. The van der Waals surface area contributed by atoms with E-state index in [1.807, 2.05) is 18.2 Å². The molecule has 0 spiro atoms. The Hall–Kier alpha value is -3.75. The lowest BCUT2D eigenvalue weighted by Gasteiger charge is -2.13. The molecular formula is C31H25NS. The van der Waals surface area contributed by atoms with E-state index in [-0.39, 0.29) is 0 Å². The van der Waals surface area contributed by atoms with Gasteiger partial charge in [-0.1, -0.05) is 103 Å². The van der Waals surface area contributed by atoms with Crippen LogP contribution in [0.25, 0.3) is 11.1 Å². The van der Waals surface area contributed by atoms with Crippen molar-refractivity contribution in [1.82, 2.24) is 0 Å². The Bertz CT molecular complexity index is 1300. The van der Waals surface area contributed by atoms with Crippen molar-refractivity contribution in [2.24, 2.45) is 0 Å². The smallest absolute Gasteiger partial charge is 0.0463 e. The second-order valence-corrected chi connectivity index (χ2v) is 9.12. The maximum absolute atomic E-state index is 3.54. The van der Waals surface area contributed by atoms with Crippen LogP contribution in [0.2, 0.25) is 0 Å². The predicted octanol–water partition coefficient (Wildman–Crippen LogP) is 8.84. The third-order valence-electron chi connectivity index (χ3n) is 5.56.